The molecule has 0 bridgehead atoms. The lowest BCUT2D eigenvalue weighted by atomic mass is 9.86. The fourth-order valence-corrected chi connectivity index (χ4v) is 4.13. The highest BCUT2D eigenvalue weighted by Gasteiger charge is 2.34. The van der Waals surface area contributed by atoms with Crippen LogP contribution in [0.25, 0.3) is 0 Å². The first-order valence-electron chi connectivity index (χ1n) is 8.60. The smallest absolute Gasteiger partial charge is 0.409 e. The normalized spacial score (nSPS) is 20.4. The van der Waals surface area contributed by atoms with Crippen molar-refractivity contribution < 1.29 is 22.5 Å². The highest BCUT2D eigenvalue weighted by atomic mass is 32.2. The van der Waals surface area contributed by atoms with Gasteiger partial charge in [0, 0.05) is 30.8 Å². The summed E-state index contributed by atoms with van der Waals surface area (Å²) >= 11 is 0. The van der Waals surface area contributed by atoms with Crippen molar-refractivity contribution in [1.82, 2.24) is 10.1 Å². The standard InChI is InChI=1S/C18H22N2O6S/c1-25-18(22)20-8-7-13(16-11-17(21)19-26-16)10-14(20)9-12-3-5-15(6-4-12)27(2,23)24/h3-6,11,13-14H,7-10H2,1-2H3,(H,19,21)/t13-,14+/m0/s1. The van der Waals surface area contributed by atoms with E-state index in [2.05, 4.69) is 5.16 Å². The van der Waals surface area contributed by atoms with Gasteiger partial charge >= 0.3 is 6.09 Å². The van der Waals surface area contributed by atoms with Gasteiger partial charge in [0.25, 0.3) is 5.56 Å². The number of aromatic nitrogens is 1. The molecule has 8 nitrogen and oxygen atoms in total. The number of amides is 1. The fraction of sp³-hybridized carbons (Fsp3) is 0.444. The van der Waals surface area contributed by atoms with Crippen LogP contribution in [0.1, 0.15) is 30.1 Å². The van der Waals surface area contributed by atoms with Gasteiger partial charge in [-0.15, -0.1) is 0 Å². The van der Waals surface area contributed by atoms with E-state index in [4.69, 9.17) is 9.26 Å². The van der Waals surface area contributed by atoms with E-state index in [1.54, 1.807) is 29.2 Å². The number of carbonyl (C=O) groups is 1. The molecule has 9 heteroatoms. The maximum absolute atomic E-state index is 12.1. The zero-order chi connectivity index (χ0) is 19.6. The summed E-state index contributed by atoms with van der Waals surface area (Å²) in [4.78, 5) is 25.4. The molecular formula is C18H22N2O6S. The van der Waals surface area contributed by atoms with Crippen LogP contribution in [0.2, 0.25) is 0 Å². The van der Waals surface area contributed by atoms with Crippen molar-refractivity contribution >= 4 is 15.9 Å². The molecule has 2 atom stereocenters. The lowest BCUT2D eigenvalue weighted by Crippen LogP contribution is -2.46. The van der Waals surface area contributed by atoms with E-state index < -0.39 is 15.9 Å². The minimum Gasteiger partial charge on any atom is -0.453 e. The Labute approximate surface area is 157 Å². The molecule has 146 valence electrons. The summed E-state index contributed by atoms with van der Waals surface area (Å²) in [6.07, 6.45) is 2.59. The Morgan fingerprint density at radius 3 is 2.59 bits per heavy atom. The molecule has 0 unspecified atom stereocenters. The Kier molecular flexibility index (Phi) is 5.41. The number of hydrogen-bond donors (Lipinski definition) is 1. The summed E-state index contributed by atoms with van der Waals surface area (Å²) < 4.78 is 33.3. The molecule has 1 aliphatic rings. The minimum atomic E-state index is -3.25. The number of ether oxygens (including phenoxy) is 1. The number of hydrogen-bond acceptors (Lipinski definition) is 6. The third-order valence-electron chi connectivity index (χ3n) is 4.89. The van der Waals surface area contributed by atoms with E-state index in [1.165, 1.54) is 13.2 Å². The van der Waals surface area contributed by atoms with Crippen LogP contribution in [0.4, 0.5) is 4.79 Å². The van der Waals surface area contributed by atoms with Crippen molar-refractivity contribution in [2.45, 2.75) is 36.1 Å². The number of likely N-dealkylation sites (tertiary alicyclic amines) is 1. The number of H-pyrrole nitrogens is 1. The topological polar surface area (TPSA) is 110 Å². The molecule has 1 N–H and O–H groups in total. The van der Waals surface area contributed by atoms with Gasteiger partial charge in [0.2, 0.25) is 0 Å². The Balaban J connectivity index is 1.80. The molecule has 1 aromatic heterocycles. The molecule has 0 radical (unpaired) electrons. The summed E-state index contributed by atoms with van der Waals surface area (Å²) in [7, 11) is -1.91. The SMILES string of the molecule is COC(=O)N1CC[C@H](c2cc(=O)[nH]o2)C[C@H]1Cc1ccc(S(C)(=O)=O)cc1. The van der Waals surface area contributed by atoms with Crippen molar-refractivity contribution in [1.29, 1.82) is 0 Å². The van der Waals surface area contributed by atoms with Gasteiger partial charge in [-0.05, 0) is 37.0 Å². The summed E-state index contributed by atoms with van der Waals surface area (Å²) in [6, 6.07) is 7.94. The molecule has 0 aliphatic carbocycles. The number of carbonyl (C=O) groups excluding carboxylic acids is 1. The molecular weight excluding hydrogens is 372 g/mol. The Bertz CT molecular complexity index is 960. The maximum Gasteiger partial charge on any atom is 0.409 e. The number of nitrogens with zero attached hydrogens (tertiary/aromatic N) is 1. The molecule has 0 saturated carbocycles. The molecule has 1 amide bonds. The average Bonchev–Trinajstić information content (AvgIpc) is 3.07. The Morgan fingerprint density at radius 2 is 2.04 bits per heavy atom. The molecule has 3 rings (SSSR count). The number of benzene rings is 1. The maximum atomic E-state index is 12.1. The van der Waals surface area contributed by atoms with Crippen LogP contribution in [0.5, 0.6) is 0 Å². The van der Waals surface area contributed by atoms with Crippen molar-refractivity contribution in [2.75, 3.05) is 19.9 Å². The van der Waals surface area contributed by atoms with E-state index in [1.807, 2.05) is 0 Å². The number of sulfone groups is 1. The number of methoxy groups -OCH3 is 1. The number of aromatic amines is 1. The molecule has 1 saturated heterocycles. The molecule has 0 spiro atoms. The van der Waals surface area contributed by atoms with Crippen molar-refractivity contribution in [3.8, 4) is 0 Å². The molecule has 2 heterocycles. The molecule has 2 aromatic rings. The van der Waals surface area contributed by atoms with Gasteiger partial charge in [-0.3, -0.25) is 4.79 Å². The first kappa shape index (κ1) is 19.2. The first-order chi connectivity index (χ1) is 12.8. The van der Waals surface area contributed by atoms with E-state index in [-0.39, 0.29) is 22.4 Å². The van der Waals surface area contributed by atoms with Crippen LogP contribution < -0.4 is 5.56 Å². The van der Waals surface area contributed by atoms with Crippen molar-refractivity contribution in [3.63, 3.8) is 0 Å². The van der Waals surface area contributed by atoms with Gasteiger partial charge in [0.05, 0.1) is 12.0 Å². The predicted octanol–water partition coefficient (Wildman–Crippen LogP) is 1.93. The number of nitrogens with one attached hydrogen (secondary N) is 1. The highest BCUT2D eigenvalue weighted by Crippen LogP contribution is 2.33. The second-order valence-electron chi connectivity index (χ2n) is 6.77. The first-order valence-corrected chi connectivity index (χ1v) is 10.5. The highest BCUT2D eigenvalue weighted by molar-refractivity contribution is 7.90. The van der Waals surface area contributed by atoms with Crippen molar-refractivity contribution in [2.24, 2.45) is 0 Å². The van der Waals surface area contributed by atoms with Gasteiger partial charge in [-0.1, -0.05) is 12.1 Å². The molecule has 1 fully saturated rings. The zero-order valence-electron chi connectivity index (χ0n) is 15.2. The molecule has 1 aliphatic heterocycles. The average molecular weight is 394 g/mol. The minimum absolute atomic E-state index is 0.0187. The van der Waals surface area contributed by atoms with Crippen LogP contribution in [0.15, 0.2) is 44.5 Å². The third-order valence-corrected chi connectivity index (χ3v) is 6.02. The van der Waals surface area contributed by atoms with E-state index >= 15 is 0 Å². The summed E-state index contributed by atoms with van der Waals surface area (Å²) in [5.74, 6) is 0.604. The van der Waals surface area contributed by atoms with E-state index in [0.717, 1.165) is 11.8 Å². The quantitative estimate of drug-likeness (QED) is 0.848. The van der Waals surface area contributed by atoms with Gasteiger partial charge in [0.1, 0.15) is 5.76 Å². The number of rotatable bonds is 4. The lowest BCUT2D eigenvalue weighted by Gasteiger charge is -2.38. The second-order valence-corrected chi connectivity index (χ2v) is 8.79. The Morgan fingerprint density at radius 1 is 1.33 bits per heavy atom. The van der Waals surface area contributed by atoms with Crippen LogP contribution in [-0.2, 0) is 21.0 Å². The van der Waals surface area contributed by atoms with Gasteiger partial charge in [-0.25, -0.2) is 13.2 Å². The monoisotopic (exact) mass is 394 g/mol. The van der Waals surface area contributed by atoms with Crippen LogP contribution in [0, 0.1) is 0 Å². The summed E-state index contributed by atoms with van der Waals surface area (Å²) in [6.45, 7) is 0.484. The number of piperidine rings is 1. The third kappa shape index (κ3) is 4.41. The lowest BCUT2D eigenvalue weighted by molar-refractivity contribution is 0.0817. The van der Waals surface area contributed by atoms with Gasteiger partial charge in [-0.2, -0.15) is 5.16 Å². The zero-order valence-corrected chi connectivity index (χ0v) is 16.0. The Hall–Kier alpha value is -2.55. The van der Waals surface area contributed by atoms with Crippen LogP contribution >= 0.6 is 0 Å². The summed E-state index contributed by atoms with van der Waals surface area (Å²) in [5, 5.41) is 2.30. The van der Waals surface area contributed by atoms with Crippen LogP contribution in [0.3, 0.4) is 0 Å². The van der Waals surface area contributed by atoms with E-state index in [9.17, 15) is 18.0 Å². The second kappa shape index (κ2) is 7.59. The molecule has 1 aromatic carbocycles. The van der Waals surface area contributed by atoms with Crippen molar-refractivity contribution in [3.05, 3.63) is 52.0 Å². The predicted molar refractivity (Wildman–Crippen MR) is 97.5 cm³/mol. The molecule has 27 heavy (non-hydrogen) atoms. The van der Waals surface area contributed by atoms with Crippen LogP contribution in [-0.4, -0.2) is 50.5 Å². The fourth-order valence-electron chi connectivity index (χ4n) is 3.50. The largest absolute Gasteiger partial charge is 0.453 e. The van der Waals surface area contributed by atoms with Gasteiger partial charge < -0.3 is 14.2 Å². The van der Waals surface area contributed by atoms with E-state index in [0.29, 0.717) is 31.6 Å². The van der Waals surface area contributed by atoms with Gasteiger partial charge in [0.15, 0.2) is 9.84 Å². The summed E-state index contributed by atoms with van der Waals surface area (Å²) in [5.41, 5.74) is 0.630.